The van der Waals surface area contributed by atoms with Crippen molar-refractivity contribution in [2.75, 3.05) is 16.6 Å². The molecule has 8 nitrogen and oxygen atoms in total. The van der Waals surface area contributed by atoms with Gasteiger partial charge in [-0.25, -0.2) is 8.42 Å². The van der Waals surface area contributed by atoms with Crippen molar-refractivity contribution in [3.63, 3.8) is 0 Å². The van der Waals surface area contributed by atoms with Crippen LogP contribution in [0.5, 0.6) is 0 Å². The molecule has 166 valence electrons. The standard InChI is InChI=1S/C21H25N3O5S2/c1-4-29-19(26)13-12-18(25)23-21(30)22-16-8-10-17(11-9-16)31(27,28)24-20-14(2)6-5-7-15(20)3/h5-11,24H,4,12-13H2,1-3H3,(H2,22,23,25,30). The minimum atomic E-state index is -3.77. The van der Waals surface area contributed by atoms with Crippen LogP contribution >= 0.6 is 12.2 Å². The number of ether oxygens (including phenoxy) is 1. The third kappa shape index (κ3) is 7.34. The average Bonchev–Trinajstić information content (AvgIpc) is 2.70. The molecule has 0 aliphatic rings. The molecule has 1 amide bonds. The Kier molecular flexibility index (Phi) is 8.52. The third-order valence-corrected chi connectivity index (χ3v) is 5.82. The largest absolute Gasteiger partial charge is 0.466 e. The summed E-state index contributed by atoms with van der Waals surface area (Å²) >= 11 is 5.08. The van der Waals surface area contributed by atoms with Crippen LogP contribution in [0, 0.1) is 13.8 Å². The molecule has 0 saturated carbocycles. The fourth-order valence-corrected chi connectivity index (χ4v) is 4.12. The van der Waals surface area contributed by atoms with Crippen molar-refractivity contribution < 1.29 is 22.7 Å². The Morgan fingerprint density at radius 1 is 1.00 bits per heavy atom. The second-order valence-electron chi connectivity index (χ2n) is 6.70. The molecular weight excluding hydrogens is 438 g/mol. The Bertz CT molecular complexity index is 1050. The van der Waals surface area contributed by atoms with Gasteiger partial charge in [-0.1, -0.05) is 18.2 Å². The highest BCUT2D eigenvalue weighted by Gasteiger charge is 2.16. The van der Waals surface area contributed by atoms with Gasteiger partial charge in [-0.2, -0.15) is 0 Å². The summed E-state index contributed by atoms with van der Waals surface area (Å²) in [5, 5.41) is 5.30. The second-order valence-corrected chi connectivity index (χ2v) is 8.79. The molecule has 0 unspecified atom stereocenters. The number of carbonyl (C=O) groups excluding carboxylic acids is 2. The molecular formula is C21H25N3O5S2. The van der Waals surface area contributed by atoms with E-state index in [0.29, 0.717) is 11.4 Å². The van der Waals surface area contributed by atoms with E-state index in [1.54, 1.807) is 6.92 Å². The van der Waals surface area contributed by atoms with Crippen molar-refractivity contribution in [2.24, 2.45) is 0 Å². The molecule has 2 rings (SSSR count). The van der Waals surface area contributed by atoms with Gasteiger partial charge in [0.15, 0.2) is 5.11 Å². The number of amides is 1. The number of anilines is 2. The van der Waals surface area contributed by atoms with Gasteiger partial charge in [-0.05, 0) is 68.4 Å². The molecule has 10 heteroatoms. The summed E-state index contributed by atoms with van der Waals surface area (Å²) in [7, 11) is -3.77. The molecule has 0 spiro atoms. The van der Waals surface area contributed by atoms with Crippen LogP contribution in [0.1, 0.15) is 30.9 Å². The lowest BCUT2D eigenvalue weighted by molar-refractivity contribution is -0.144. The number of aryl methyl sites for hydroxylation is 2. The average molecular weight is 464 g/mol. The fourth-order valence-electron chi connectivity index (χ4n) is 2.69. The second kappa shape index (κ2) is 10.9. The first-order chi connectivity index (χ1) is 14.6. The van der Waals surface area contributed by atoms with Crippen molar-refractivity contribution in [3.05, 3.63) is 53.6 Å². The van der Waals surface area contributed by atoms with Gasteiger partial charge < -0.3 is 15.4 Å². The molecule has 0 atom stereocenters. The molecule has 0 aliphatic carbocycles. The number of hydrogen-bond donors (Lipinski definition) is 3. The van der Waals surface area contributed by atoms with E-state index in [0.717, 1.165) is 11.1 Å². The maximum atomic E-state index is 12.7. The van der Waals surface area contributed by atoms with Crippen LogP contribution in [-0.2, 0) is 24.3 Å². The molecule has 0 radical (unpaired) electrons. The van der Waals surface area contributed by atoms with E-state index in [1.807, 2.05) is 32.0 Å². The van der Waals surface area contributed by atoms with Crippen LogP contribution in [-0.4, -0.2) is 32.0 Å². The Morgan fingerprint density at radius 3 is 2.19 bits per heavy atom. The molecule has 0 saturated heterocycles. The molecule has 3 N–H and O–H groups in total. The van der Waals surface area contributed by atoms with E-state index in [4.69, 9.17) is 17.0 Å². The highest BCUT2D eigenvalue weighted by atomic mass is 32.2. The maximum Gasteiger partial charge on any atom is 0.306 e. The molecule has 0 aromatic heterocycles. The number of para-hydroxylation sites is 1. The molecule has 31 heavy (non-hydrogen) atoms. The number of nitrogens with one attached hydrogen (secondary N) is 3. The highest BCUT2D eigenvalue weighted by Crippen LogP contribution is 2.24. The molecule has 0 fully saturated rings. The predicted molar refractivity (Wildman–Crippen MR) is 123 cm³/mol. The lowest BCUT2D eigenvalue weighted by atomic mass is 10.1. The fraction of sp³-hybridized carbons (Fsp3) is 0.286. The van der Waals surface area contributed by atoms with E-state index < -0.39 is 21.9 Å². The predicted octanol–water partition coefficient (Wildman–Crippen LogP) is 3.26. The summed E-state index contributed by atoms with van der Waals surface area (Å²) in [6, 6.07) is 11.5. The van der Waals surface area contributed by atoms with Crippen molar-refractivity contribution in [2.45, 2.75) is 38.5 Å². The Morgan fingerprint density at radius 2 is 1.61 bits per heavy atom. The Labute approximate surface area is 187 Å². The smallest absolute Gasteiger partial charge is 0.306 e. The summed E-state index contributed by atoms with van der Waals surface area (Å²) < 4.78 is 32.8. The number of hydrogen-bond acceptors (Lipinski definition) is 6. The Hall–Kier alpha value is -2.98. The molecule has 2 aromatic carbocycles. The number of rotatable bonds is 8. The van der Waals surface area contributed by atoms with Gasteiger partial charge in [0.05, 0.1) is 23.6 Å². The van der Waals surface area contributed by atoms with E-state index in [9.17, 15) is 18.0 Å². The minimum absolute atomic E-state index is 0.0395. The molecule has 0 heterocycles. The first-order valence-corrected chi connectivity index (χ1v) is 11.5. The highest BCUT2D eigenvalue weighted by molar-refractivity contribution is 7.92. The first kappa shape index (κ1) is 24.3. The van der Waals surface area contributed by atoms with Gasteiger partial charge in [0.1, 0.15) is 0 Å². The Balaban J connectivity index is 1.96. The van der Waals surface area contributed by atoms with E-state index >= 15 is 0 Å². The summed E-state index contributed by atoms with van der Waals surface area (Å²) in [5.74, 6) is -0.884. The number of carbonyl (C=O) groups is 2. The third-order valence-electron chi connectivity index (χ3n) is 4.25. The van der Waals surface area contributed by atoms with Crippen molar-refractivity contribution >= 4 is 50.6 Å². The SMILES string of the molecule is CCOC(=O)CCC(=O)NC(=S)Nc1ccc(S(=O)(=O)Nc2c(C)cccc2C)cc1. The number of esters is 1. The zero-order chi connectivity index (χ0) is 23.0. The van der Waals surface area contributed by atoms with Gasteiger partial charge in [-0.3, -0.25) is 14.3 Å². The van der Waals surface area contributed by atoms with Crippen LogP contribution in [0.3, 0.4) is 0 Å². The van der Waals surface area contributed by atoms with Crippen molar-refractivity contribution in [1.29, 1.82) is 0 Å². The van der Waals surface area contributed by atoms with Gasteiger partial charge in [0.2, 0.25) is 5.91 Å². The number of sulfonamides is 1. The van der Waals surface area contributed by atoms with Crippen LogP contribution in [0.2, 0.25) is 0 Å². The van der Waals surface area contributed by atoms with Crippen LogP contribution in [0.4, 0.5) is 11.4 Å². The van der Waals surface area contributed by atoms with Crippen molar-refractivity contribution in [3.8, 4) is 0 Å². The zero-order valence-corrected chi connectivity index (χ0v) is 19.2. The van der Waals surface area contributed by atoms with Crippen LogP contribution in [0.25, 0.3) is 0 Å². The normalized spacial score (nSPS) is 10.8. The van der Waals surface area contributed by atoms with Gasteiger partial charge in [-0.15, -0.1) is 0 Å². The quantitative estimate of drug-likeness (QED) is 0.407. The van der Waals surface area contributed by atoms with E-state index in [1.165, 1.54) is 24.3 Å². The lowest BCUT2D eigenvalue weighted by Crippen LogP contribution is -2.34. The van der Waals surface area contributed by atoms with Crippen LogP contribution in [0.15, 0.2) is 47.4 Å². The molecule has 2 aromatic rings. The molecule has 0 aliphatic heterocycles. The number of benzene rings is 2. The van der Waals surface area contributed by atoms with Crippen LogP contribution < -0.4 is 15.4 Å². The summed E-state index contributed by atoms with van der Waals surface area (Å²) in [4.78, 5) is 23.2. The first-order valence-electron chi connectivity index (χ1n) is 9.58. The van der Waals surface area contributed by atoms with Gasteiger partial charge in [0, 0.05) is 12.1 Å². The van der Waals surface area contributed by atoms with E-state index in [-0.39, 0.29) is 29.5 Å². The van der Waals surface area contributed by atoms with Gasteiger partial charge in [0.25, 0.3) is 10.0 Å². The maximum absolute atomic E-state index is 12.7. The molecule has 0 bridgehead atoms. The minimum Gasteiger partial charge on any atom is -0.466 e. The lowest BCUT2D eigenvalue weighted by Gasteiger charge is -2.14. The summed E-state index contributed by atoms with van der Waals surface area (Å²) in [5.41, 5.74) is 2.70. The summed E-state index contributed by atoms with van der Waals surface area (Å²) in [6.07, 6.45) is -0.0932. The van der Waals surface area contributed by atoms with Gasteiger partial charge >= 0.3 is 5.97 Å². The topological polar surface area (TPSA) is 114 Å². The summed E-state index contributed by atoms with van der Waals surface area (Å²) in [6.45, 7) is 5.61. The zero-order valence-electron chi connectivity index (χ0n) is 17.5. The van der Waals surface area contributed by atoms with Crippen molar-refractivity contribution in [1.82, 2.24) is 5.32 Å². The monoisotopic (exact) mass is 463 g/mol. The number of thiocarbonyl (C=S) groups is 1. The van der Waals surface area contributed by atoms with E-state index in [2.05, 4.69) is 15.4 Å².